The zero-order valence-electron chi connectivity index (χ0n) is 16.0. The molecule has 0 saturated heterocycles. The van der Waals surface area contributed by atoms with Crippen LogP contribution in [0.2, 0.25) is 0 Å². The molecule has 6 nitrogen and oxygen atoms in total. The summed E-state index contributed by atoms with van der Waals surface area (Å²) in [4.78, 5) is 0. The third-order valence-corrected chi connectivity index (χ3v) is 6.04. The summed E-state index contributed by atoms with van der Waals surface area (Å²) in [6.07, 6.45) is 0.283. The van der Waals surface area contributed by atoms with Crippen molar-refractivity contribution in [3.63, 3.8) is 0 Å². The van der Waals surface area contributed by atoms with E-state index in [-0.39, 0.29) is 18.0 Å². The molecule has 7 heteroatoms. The number of phenols is 1. The Kier molecular flexibility index (Phi) is 4.32. The first-order valence-corrected chi connectivity index (χ1v) is 10.2. The van der Waals surface area contributed by atoms with E-state index < -0.39 is 0 Å². The maximum Gasteiger partial charge on any atom is 0.214 e. The van der Waals surface area contributed by atoms with Gasteiger partial charge in [0.25, 0.3) is 0 Å². The molecule has 0 saturated carbocycles. The summed E-state index contributed by atoms with van der Waals surface area (Å²) < 4.78 is 17.3. The van der Waals surface area contributed by atoms with Crippen molar-refractivity contribution in [1.82, 2.24) is 5.01 Å². The third-order valence-electron chi connectivity index (χ3n) is 5.34. The molecule has 1 aromatic heterocycles. The Balaban J connectivity index is 1.62. The second-order valence-corrected chi connectivity index (χ2v) is 7.72. The molecule has 2 aliphatic rings. The number of hydrogen-bond donors (Lipinski definition) is 1. The number of benzene rings is 2. The number of thiophene rings is 1. The minimum Gasteiger partial charge on any atom is -0.507 e. The molecule has 1 N–H and O–H groups in total. The average Bonchev–Trinajstić information content (AvgIpc) is 3.43. The van der Waals surface area contributed by atoms with E-state index in [2.05, 4.69) is 5.38 Å². The first kappa shape index (κ1) is 17.9. The summed E-state index contributed by atoms with van der Waals surface area (Å²) in [5, 5.41) is 21.4. The van der Waals surface area contributed by atoms with Gasteiger partial charge >= 0.3 is 0 Å². The van der Waals surface area contributed by atoms with Crippen molar-refractivity contribution >= 4 is 17.0 Å². The van der Waals surface area contributed by atoms with Gasteiger partial charge in [-0.1, -0.05) is 12.1 Å². The number of fused-ring (bicyclic) bond motifs is 3. The smallest absolute Gasteiger partial charge is 0.214 e. The Bertz CT molecular complexity index is 1080. The van der Waals surface area contributed by atoms with Gasteiger partial charge in [0.05, 0.1) is 26.0 Å². The van der Waals surface area contributed by atoms with E-state index in [4.69, 9.17) is 19.3 Å². The van der Waals surface area contributed by atoms with Crippen LogP contribution in [0.1, 0.15) is 35.4 Å². The topological polar surface area (TPSA) is 63.5 Å². The van der Waals surface area contributed by atoms with E-state index in [0.717, 1.165) is 22.6 Å². The Hall–Kier alpha value is -3.19. The van der Waals surface area contributed by atoms with Crippen LogP contribution in [0.15, 0.2) is 58.3 Å². The Labute approximate surface area is 172 Å². The highest BCUT2D eigenvalue weighted by atomic mass is 32.1. The van der Waals surface area contributed by atoms with Gasteiger partial charge in [-0.15, -0.1) is 0 Å². The Morgan fingerprint density at radius 1 is 1.17 bits per heavy atom. The van der Waals surface area contributed by atoms with Crippen molar-refractivity contribution in [2.24, 2.45) is 5.10 Å². The lowest BCUT2D eigenvalue weighted by Gasteiger charge is -2.38. The van der Waals surface area contributed by atoms with Crippen LogP contribution in [-0.4, -0.2) is 30.0 Å². The van der Waals surface area contributed by atoms with Crippen molar-refractivity contribution in [2.45, 2.75) is 18.7 Å². The second-order valence-electron chi connectivity index (χ2n) is 6.94. The van der Waals surface area contributed by atoms with Crippen LogP contribution in [0.25, 0.3) is 0 Å². The number of aromatic hydroxyl groups is 1. The van der Waals surface area contributed by atoms with Crippen LogP contribution >= 0.6 is 11.3 Å². The maximum absolute atomic E-state index is 10.4. The molecular weight excluding hydrogens is 388 g/mol. The van der Waals surface area contributed by atoms with E-state index in [1.54, 1.807) is 37.7 Å². The summed E-state index contributed by atoms with van der Waals surface area (Å²) in [5.41, 5.74) is 3.53. The largest absolute Gasteiger partial charge is 0.507 e. The van der Waals surface area contributed by atoms with Gasteiger partial charge in [0.1, 0.15) is 11.5 Å². The van der Waals surface area contributed by atoms with Crippen LogP contribution in [0.4, 0.5) is 0 Å². The number of para-hydroxylation sites is 1. The van der Waals surface area contributed by atoms with Gasteiger partial charge in [-0.05, 0) is 41.1 Å². The summed E-state index contributed by atoms with van der Waals surface area (Å²) in [6, 6.07) is 13.1. The second kappa shape index (κ2) is 7.00. The van der Waals surface area contributed by atoms with Crippen LogP contribution < -0.4 is 14.2 Å². The fourth-order valence-electron chi connectivity index (χ4n) is 3.92. The molecule has 2 atom stereocenters. The average molecular weight is 408 g/mol. The van der Waals surface area contributed by atoms with Crippen molar-refractivity contribution in [1.29, 1.82) is 0 Å². The van der Waals surface area contributed by atoms with Crippen LogP contribution in [0, 0.1) is 0 Å². The maximum atomic E-state index is 10.4. The van der Waals surface area contributed by atoms with Gasteiger partial charge in [0, 0.05) is 23.1 Å². The molecule has 5 rings (SSSR count). The van der Waals surface area contributed by atoms with Crippen LogP contribution in [0.3, 0.4) is 0 Å². The minimum absolute atomic E-state index is 0.0145. The number of nitrogens with zero attached hydrogens (tertiary/aromatic N) is 2. The quantitative estimate of drug-likeness (QED) is 0.677. The first-order chi connectivity index (χ1) is 14.2. The van der Waals surface area contributed by atoms with Crippen LogP contribution in [-0.2, 0) is 0 Å². The molecule has 3 aromatic rings. The molecule has 0 bridgehead atoms. The van der Waals surface area contributed by atoms with Crippen LogP contribution in [0.5, 0.6) is 23.0 Å². The molecule has 0 aliphatic carbocycles. The number of hydrazone groups is 1. The molecule has 29 heavy (non-hydrogen) atoms. The zero-order valence-corrected chi connectivity index (χ0v) is 16.8. The molecular formula is C22H20N2O4S. The van der Waals surface area contributed by atoms with Gasteiger partial charge in [-0.2, -0.15) is 16.4 Å². The van der Waals surface area contributed by atoms with Crippen molar-refractivity contribution < 1.29 is 19.3 Å². The van der Waals surface area contributed by atoms with E-state index in [1.807, 2.05) is 40.7 Å². The number of ether oxygens (including phenoxy) is 3. The number of hydrogen-bond acceptors (Lipinski definition) is 7. The SMILES string of the molecule is COc1ccc(O)c(C2=NN3C(C2)c2cccc(OC)c2OC3c2ccsc2)c1. The lowest BCUT2D eigenvalue weighted by molar-refractivity contribution is -0.0206. The lowest BCUT2D eigenvalue weighted by Crippen LogP contribution is -2.33. The Morgan fingerprint density at radius 3 is 2.83 bits per heavy atom. The van der Waals surface area contributed by atoms with E-state index in [1.165, 1.54) is 0 Å². The molecule has 2 unspecified atom stereocenters. The van der Waals surface area contributed by atoms with E-state index in [0.29, 0.717) is 23.5 Å². The summed E-state index contributed by atoms with van der Waals surface area (Å²) in [5.74, 6) is 2.32. The molecule has 2 aromatic carbocycles. The fraction of sp³-hybridized carbons (Fsp3) is 0.227. The molecule has 148 valence electrons. The lowest BCUT2D eigenvalue weighted by atomic mass is 9.95. The number of rotatable bonds is 4. The predicted molar refractivity (Wildman–Crippen MR) is 111 cm³/mol. The molecule has 0 radical (unpaired) electrons. The van der Waals surface area contributed by atoms with Gasteiger partial charge in [0.2, 0.25) is 6.23 Å². The summed E-state index contributed by atoms with van der Waals surface area (Å²) >= 11 is 1.62. The predicted octanol–water partition coefficient (Wildman–Crippen LogP) is 4.71. The fourth-order valence-corrected chi connectivity index (χ4v) is 4.58. The monoisotopic (exact) mass is 408 g/mol. The number of phenolic OH excluding ortho intramolecular Hbond substituents is 1. The molecule has 0 spiro atoms. The summed E-state index contributed by atoms with van der Waals surface area (Å²) in [7, 11) is 3.26. The molecule has 2 aliphatic heterocycles. The normalized spacial score (nSPS) is 19.8. The van der Waals surface area contributed by atoms with Crippen molar-refractivity contribution in [3.8, 4) is 23.0 Å². The standard InChI is InChI=1S/C22H20N2O4S/c1-26-14-6-7-19(25)16(10-14)17-11-18-15-4-3-5-20(27-2)21(15)28-22(24(18)23-17)13-8-9-29-12-13/h3-10,12,18,22,25H,11H2,1-2H3. The minimum atomic E-state index is -0.361. The van der Waals surface area contributed by atoms with Gasteiger partial charge < -0.3 is 19.3 Å². The highest BCUT2D eigenvalue weighted by Gasteiger charge is 2.42. The third kappa shape index (κ3) is 2.89. The van der Waals surface area contributed by atoms with Gasteiger partial charge in [0.15, 0.2) is 11.5 Å². The molecule has 0 fully saturated rings. The Morgan fingerprint density at radius 2 is 2.07 bits per heavy atom. The van der Waals surface area contributed by atoms with E-state index in [9.17, 15) is 5.11 Å². The number of methoxy groups -OCH3 is 2. The van der Waals surface area contributed by atoms with Gasteiger partial charge in [-0.25, -0.2) is 5.01 Å². The zero-order chi connectivity index (χ0) is 20.0. The van der Waals surface area contributed by atoms with E-state index >= 15 is 0 Å². The van der Waals surface area contributed by atoms with Crippen molar-refractivity contribution in [2.75, 3.05) is 14.2 Å². The van der Waals surface area contributed by atoms with Crippen molar-refractivity contribution in [3.05, 3.63) is 69.9 Å². The summed E-state index contributed by atoms with van der Waals surface area (Å²) in [6.45, 7) is 0. The van der Waals surface area contributed by atoms with Gasteiger partial charge in [-0.3, -0.25) is 0 Å². The molecule has 3 heterocycles. The first-order valence-electron chi connectivity index (χ1n) is 9.28. The highest BCUT2D eigenvalue weighted by Crippen LogP contribution is 2.51. The highest BCUT2D eigenvalue weighted by molar-refractivity contribution is 7.07. The molecule has 0 amide bonds.